The second-order valence-corrected chi connectivity index (χ2v) is 7.54. The zero-order valence-electron chi connectivity index (χ0n) is 15.6. The van der Waals surface area contributed by atoms with Crippen LogP contribution >= 0.6 is 23.2 Å². The minimum atomic E-state index is -0.0809. The third kappa shape index (κ3) is 3.83. The van der Waals surface area contributed by atoms with Crippen molar-refractivity contribution in [3.63, 3.8) is 0 Å². The van der Waals surface area contributed by atoms with E-state index in [1.807, 2.05) is 18.2 Å². The summed E-state index contributed by atoms with van der Waals surface area (Å²) in [5, 5.41) is 4.16. The summed E-state index contributed by atoms with van der Waals surface area (Å²) in [6.07, 6.45) is 2.81. The van der Waals surface area contributed by atoms with Crippen molar-refractivity contribution in [1.29, 1.82) is 0 Å². The average molecular weight is 429 g/mol. The number of pyridine rings is 1. The lowest BCUT2D eigenvalue weighted by atomic mass is 10.1. The van der Waals surface area contributed by atoms with Crippen molar-refractivity contribution in [2.45, 2.75) is 6.04 Å². The lowest BCUT2D eigenvalue weighted by Gasteiger charge is -2.44. The van der Waals surface area contributed by atoms with Gasteiger partial charge in [-0.15, -0.1) is 0 Å². The van der Waals surface area contributed by atoms with E-state index in [0.717, 1.165) is 17.0 Å². The molecule has 0 spiro atoms. The smallest absolute Gasteiger partial charge is 0.246 e. The van der Waals surface area contributed by atoms with E-state index in [1.54, 1.807) is 24.1 Å². The van der Waals surface area contributed by atoms with E-state index >= 15 is 0 Å². The maximum absolute atomic E-state index is 11.8. The Labute approximate surface area is 178 Å². The molecule has 148 valence electrons. The molecule has 1 saturated heterocycles. The first-order valence-corrected chi connectivity index (χ1v) is 9.70. The van der Waals surface area contributed by atoms with Gasteiger partial charge in [0.05, 0.1) is 21.6 Å². The number of carbonyl (C=O) groups is 1. The summed E-state index contributed by atoms with van der Waals surface area (Å²) in [6.45, 7) is 4.95. The number of nitrogens with one attached hydrogen (secondary N) is 1. The largest absolute Gasteiger partial charge is 0.352 e. The minimum absolute atomic E-state index is 0.0809. The fraction of sp³-hybridized carbons (Fsp3) is 0.200. The molecule has 4 rings (SSSR count). The van der Waals surface area contributed by atoms with Gasteiger partial charge in [-0.2, -0.15) is 0 Å². The summed E-state index contributed by atoms with van der Waals surface area (Å²) in [7, 11) is 1.78. The average Bonchev–Trinajstić information content (AvgIpc) is 2.69. The lowest BCUT2D eigenvalue weighted by molar-refractivity contribution is -0.127. The summed E-state index contributed by atoms with van der Waals surface area (Å²) < 4.78 is 0. The Hall–Kier alpha value is -2.90. The highest BCUT2D eigenvalue weighted by Gasteiger charge is 2.32. The molecular formula is C20H18Cl2N6O. The zero-order chi connectivity index (χ0) is 20.5. The van der Waals surface area contributed by atoms with Gasteiger partial charge in [-0.25, -0.2) is 15.0 Å². The number of hydrogen-bond donors (Lipinski definition) is 1. The van der Waals surface area contributed by atoms with Crippen molar-refractivity contribution in [3.05, 3.63) is 59.4 Å². The summed E-state index contributed by atoms with van der Waals surface area (Å²) in [5.74, 6) is 1.30. The van der Waals surface area contributed by atoms with Gasteiger partial charge in [-0.05, 0) is 36.4 Å². The van der Waals surface area contributed by atoms with Gasteiger partial charge in [0.25, 0.3) is 0 Å². The molecular weight excluding hydrogens is 411 g/mol. The Kier molecular flexibility index (Phi) is 5.25. The van der Waals surface area contributed by atoms with Crippen molar-refractivity contribution in [1.82, 2.24) is 19.9 Å². The van der Waals surface area contributed by atoms with Gasteiger partial charge < -0.3 is 15.1 Å². The van der Waals surface area contributed by atoms with Gasteiger partial charge in [-0.1, -0.05) is 29.8 Å². The van der Waals surface area contributed by atoms with Gasteiger partial charge in [0.15, 0.2) is 5.82 Å². The summed E-state index contributed by atoms with van der Waals surface area (Å²) in [5.41, 5.74) is 2.12. The number of amides is 1. The van der Waals surface area contributed by atoms with Crippen molar-refractivity contribution < 1.29 is 4.79 Å². The number of benzene rings is 1. The van der Waals surface area contributed by atoms with Crippen molar-refractivity contribution in [2.75, 3.05) is 30.4 Å². The van der Waals surface area contributed by atoms with Gasteiger partial charge in [0.2, 0.25) is 5.91 Å². The zero-order valence-corrected chi connectivity index (χ0v) is 17.2. The molecule has 1 aromatic carbocycles. The fourth-order valence-electron chi connectivity index (χ4n) is 3.12. The van der Waals surface area contributed by atoms with Crippen LogP contribution in [0.3, 0.4) is 0 Å². The van der Waals surface area contributed by atoms with Crippen LogP contribution in [0.2, 0.25) is 10.0 Å². The van der Waals surface area contributed by atoms with Crippen molar-refractivity contribution >= 4 is 57.5 Å². The van der Waals surface area contributed by atoms with E-state index in [1.165, 1.54) is 12.4 Å². The highest BCUT2D eigenvalue weighted by atomic mass is 35.5. The van der Waals surface area contributed by atoms with Crippen molar-refractivity contribution in [3.8, 4) is 0 Å². The number of rotatable bonds is 5. The van der Waals surface area contributed by atoms with E-state index in [-0.39, 0.29) is 11.9 Å². The Morgan fingerprint density at radius 2 is 2.03 bits per heavy atom. The second-order valence-electron chi connectivity index (χ2n) is 6.73. The molecule has 0 aliphatic carbocycles. The first-order chi connectivity index (χ1) is 14.0. The normalized spacial score (nSPS) is 13.8. The van der Waals surface area contributed by atoms with Crippen LogP contribution in [0, 0.1) is 0 Å². The van der Waals surface area contributed by atoms with Crippen LogP contribution in [0.1, 0.15) is 0 Å². The number of likely N-dealkylation sites (N-methyl/N-ethyl adjacent to an activating group) is 1. The molecule has 7 nitrogen and oxygen atoms in total. The number of fused-ring (bicyclic) bond motifs is 1. The summed E-state index contributed by atoms with van der Waals surface area (Å²) in [6, 6.07) is 9.23. The van der Waals surface area contributed by atoms with Gasteiger partial charge in [0, 0.05) is 25.8 Å². The number of halogens is 2. The molecule has 9 heteroatoms. The maximum atomic E-state index is 11.8. The molecule has 1 N–H and O–H groups in total. The predicted octanol–water partition coefficient (Wildman–Crippen LogP) is 3.91. The third-order valence-electron chi connectivity index (χ3n) is 4.91. The number of aromatic nitrogens is 3. The quantitative estimate of drug-likeness (QED) is 0.620. The Balaban J connectivity index is 1.57. The molecule has 1 aliphatic heterocycles. The standard InChI is InChI=1S/C20H18Cl2N6O/c1-3-18(29)27(2)13-9-28(10-13)17-7-6-16-19(26-17)20(24-11-23-16)25-12-4-5-14(21)15(22)8-12/h3-8,11,13H,1,9-10H2,2H3,(H,23,24,25). The second kappa shape index (κ2) is 7.85. The maximum Gasteiger partial charge on any atom is 0.246 e. The summed E-state index contributed by atoms with van der Waals surface area (Å²) in [4.78, 5) is 28.9. The SMILES string of the molecule is C=CC(=O)N(C)C1CN(c2ccc3ncnc(Nc4ccc(Cl)c(Cl)c4)c3n2)C1. The highest BCUT2D eigenvalue weighted by Crippen LogP contribution is 2.30. The number of anilines is 3. The Bertz CT molecular complexity index is 1100. The molecule has 29 heavy (non-hydrogen) atoms. The molecule has 0 atom stereocenters. The van der Waals surface area contributed by atoms with Crippen LogP contribution in [0.5, 0.6) is 0 Å². The van der Waals surface area contributed by atoms with Gasteiger partial charge >= 0.3 is 0 Å². The molecule has 0 bridgehead atoms. The Morgan fingerprint density at radius 1 is 1.24 bits per heavy atom. The first-order valence-electron chi connectivity index (χ1n) is 8.94. The van der Waals surface area contributed by atoms with Crippen LogP contribution < -0.4 is 10.2 Å². The topological polar surface area (TPSA) is 74.2 Å². The minimum Gasteiger partial charge on any atom is -0.352 e. The predicted molar refractivity (Wildman–Crippen MR) is 116 cm³/mol. The van der Waals surface area contributed by atoms with Crippen LogP contribution in [0.15, 0.2) is 49.3 Å². The lowest BCUT2D eigenvalue weighted by Crippen LogP contribution is -2.59. The molecule has 3 heterocycles. The number of carbonyl (C=O) groups excluding carboxylic acids is 1. The van der Waals surface area contributed by atoms with Crippen LogP contribution in [0.25, 0.3) is 11.0 Å². The molecule has 2 aromatic heterocycles. The number of nitrogens with zero attached hydrogens (tertiary/aromatic N) is 5. The molecule has 1 fully saturated rings. The van der Waals surface area contributed by atoms with Gasteiger partial charge in [-0.3, -0.25) is 4.79 Å². The monoisotopic (exact) mass is 428 g/mol. The van der Waals surface area contributed by atoms with Gasteiger partial charge in [0.1, 0.15) is 17.7 Å². The first kappa shape index (κ1) is 19.4. The molecule has 0 unspecified atom stereocenters. The van der Waals surface area contributed by atoms with E-state index in [0.29, 0.717) is 34.5 Å². The fourth-order valence-corrected chi connectivity index (χ4v) is 3.42. The van der Waals surface area contributed by atoms with Crippen LogP contribution in [0.4, 0.5) is 17.3 Å². The summed E-state index contributed by atoms with van der Waals surface area (Å²) >= 11 is 12.1. The molecule has 1 amide bonds. The van der Waals surface area contributed by atoms with E-state index in [2.05, 4.69) is 26.8 Å². The number of hydrogen-bond acceptors (Lipinski definition) is 6. The third-order valence-corrected chi connectivity index (χ3v) is 5.64. The Morgan fingerprint density at radius 3 is 2.76 bits per heavy atom. The van der Waals surface area contributed by atoms with Crippen molar-refractivity contribution in [2.24, 2.45) is 0 Å². The molecule has 0 saturated carbocycles. The van der Waals surface area contributed by atoms with Crippen LogP contribution in [-0.4, -0.2) is 51.9 Å². The van der Waals surface area contributed by atoms with E-state index in [4.69, 9.17) is 28.2 Å². The van der Waals surface area contributed by atoms with E-state index in [9.17, 15) is 4.79 Å². The molecule has 0 radical (unpaired) electrons. The van der Waals surface area contributed by atoms with E-state index < -0.39 is 0 Å². The highest BCUT2D eigenvalue weighted by molar-refractivity contribution is 6.42. The van der Waals surface area contributed by atoms with Crippen LogP contribution in [-0.2, 0) is 4.79 Å². The molecule has 1 aliphatic rings. The molecule has 3 aromatic rings.